The molecule has 4 atom stereocenters. The summed E-state index contributed by atoms with van der Waals surface area (Å²) in [5.41, 5.74) is 3.15. The predicted octanol–water partition coefficient (Wildman–Crippen LogP) is 6.27. The van der Waals surface area contributed by atoms with Gasteiger partial charge in [0.25, 0.3) is 0 Å². The van der Waals surface area contributed by atoms with Crippen LogP contribution < -0.4 is 4.74 Å². The SMILES string of the molecule is CCC(=O)C1CCC(c2cc[nH]c3cnc4nccc4c23)CC1N1CCCC(COc2ccc(F)cc2)C1. The van der Waals surface area contributed by atoms with Crippen molar-refractivity contribution < 1.29 is 13.9 Å². The van der Waals surface area contributed by atoms with Crippen LogP contribution in [0.25, 0.3) is 21.9 Å². The van der Waals surface area contributed by atoms with Crippen molar-refractivity contribution in [3.63, 3.8) is 0 Å². The highest BCUT2D eigenvalue weighted by molar-refractivity contribution is 6.05. The molecule has 0 radical (unpaired) electrons. The second-order valence-electron chi connectivity index (χ2n) is 10.9. The van der Waals surface area contributed by atoms with Crippen LogP contribution in [0.15, 0.2) is 55.0 Å². The summed E-state index contributed by atoms with van der Waals surface area (Å²) in [7, 11) is 0. The van der Waals surface area contributed by atoms with Gasteiger partial charge in [0.2, 0.25) is 0 Å². The fourth-order valence-corrected chi connectivity index (χ4v) is 6.77. The third kappa shape index (κ3) is 4.92. The van der Waals surface area contributed by atoms with E-state index in [-0.39, 0.29) is 17.8 Å². The van der Waals surface area contributed by atoms with Crippen molar-refractivity contribution in [2.45, 2.75) is 57.4 Å². The highest BCUT2D eigenvalue weighted by Gasteiger charge is 2.40. The van der Waals surface area contributed by atoms with E-state index in [0.29, 0.717) is 36.4 Å². The van der Waals surface area contributed by atoms with E-state index in [1.807, 2.05) is 25.5 Å². The van der Waals surface area contributed by atoms with E-state index in [4.69, 9.17) is 4.74 Å². The second kappa shape index (κ2) is 10.8. The number of carbonyl (C=O) groups is 1. The van der Waals surface area contributed by atoms with Crippen LogP contribution in [0, 0.1) is 17.7 Å². The van der Waals surface area contributed by atoms with E-state index < -0.39 is 0 Å². The van der Waals surface area contributed by atoms with Crippen LogP contribution in [0.2, 0.25) is 0 Å². The lowest BCUT2D eigenvalue weighted by Gasteiger charge is -2.45. The zero-order valence-corrected chi connectivity index (χ0v) is 21.9. The molecule has 0 amide bonds. The summed E-state index contributed by atoms with van der Waals surface area (Å²) in [5, 5.41) is 2.30. The summed E-state index contributed by atoms with van der Waals surface area (Å²) >= 11 is 0. The monoisotopic (exact) mass is 514 g/mol. The average molecular weight is 515 g/mol. The number of halogens is 1. The van der Waals surface area contributed by atoms with Crippen molar-refractivity contribution in [3.05, 3.63) is 66.4 Å². The number of rotatable bonds is 7. The molecule has 198 valence electrons. The maximum Gasteiger partial charge on any atom is 0.159 e. The summed E-state index contributed by atoms with van der Waals surface area (Å²) in [6.07, 6.45) is 11.4. The second-order valence-corrected chi connectivity index (χ2v) is 10.9. The third-order valence-electron chi connectivity index (χ3n) is 8.66. The van der Waals surface area contributed by atoms with E-state index in [1.165, 1.54) is 23.1 Å². The quantitative estimate of drug-likeness (QED) is 0.315. The number of ether oxygens (including phenoxy) is 1. The van der Waals surface area contributed by atoms with Gasteiger partial charge in [-0.1, -0.05) is 6.92 Å². The van der Waals surface area contributed by atoms with Crippen molar-refractivity contribution >= 4 is 27.7 Å². The molecule has 4 heterocycles. The van der Waals surface area contributed by atoms with Crippen LogP contribution in [-0.2, 0) is 4.79 Å². The molecule has 1 saturated heterocycles. The summed E-state index contributed by atoms with van der Waals surface area (Å²) in [5.74, 6) is 1.67. The van der Waals surface area contributed by atoms with Crippen molar-refractivity contribution in [3.8, 4) is 5.75 Å². The Morgan fingerprint density at radius 3 is 2.84 bits per heavy atom. The molecule has 1 aliphatic heterocycles. The van der Waals surface area contributed by atoms with Gasteiger partial charge in [-0.25, -0.2) is 14.4 Å². The molecule has 0 bridgehead atoms. The number of fused-ring (bicyclic) bond motifs is 3. The number of benzene rings is 1. The number of nitrogens with zero attached hydrogens (tertiary/aromatic N) is 3. The zero-order valence-electron chi connectivity index (χ0n) is 21.9. The molecule has 0 spiro atoms. The minimum absolute atomic E-state index is 0.0804. The Morgan fingerprint density at radius 1 is 1.13 bits per heavy atom. The van der Waals surface area contributed by atoms with Gasteiger partial charge in [0.1, 0.15) is 17.3 Å². The van der Waals surface area contributed by atoms with Crippen LogP contribution in [0.4, 0.5) is 4.39 Å². The highest BCUT2D eigenvalue weighted by atomic mass is 19.1. The minimum Gasteiger partial charge on any atom is -0.493 e. The molecule has 1 aliphatic carbocycles. The number of nitrogens with one attached hydrogen (secondary N) is 1. The predicted molar refractivity (Wildman–Crippen MR) is 147 cm³/mol. The molecule has 3 aromatic heterocycles. The molecule has 6 rings (SSSR count). The van der Waals surface area contributed by atoms with Gasteiger partial charge < -0.3 is 9.72 Å². The first-order valence-corrected chi connectivity index (χ1v) is 14.0. The Bertz CT molecular complexity index is 1420. The summed E-state index contributed by atoms with van der Waals surface area (Å²) in [6, 6.07) is 10.7. The summed E-state index contributed by atoms with van der Waals surface area (Å²) < 4.78 is 19.3. The van der Waals surface area contributed by atoms with Gasteiger partial charge >= 0.3 is 0 Å². The Morgan fingerprint density at radius 2 is 2.00 bits per heavy atom. The molecule has 1 saturated carbocycles. The van der Waals surface area contributed by atoms with Crippen LogP contribution in [0.3, 0.4) is 0 Å². The minimum atomic E-state index is -0.254. The van der Waals surface area contributed by atoms with Crippen molar-refractivity contribution in [1.82, 2.24) is 19.9 Å². The largest absolute Gasteiger partial charge is 0.493 e. The van der Waals surface area contributed by atoms with E-state index in [2.05, 4.69) is 32.0 Å². The van der Waals surface area contributed by atoms with E-state index in [0.717, 1.165) is 61.7 Å². The number of ketones is 1. The third-order valence-corrected chi connectivity index (χ3v) is 8.66. The van der Waals surface area contributed by atoms with E-state index in [1.54, 1.807) is 12.1 Å². The zero-order chi connectivity index (χ0) is 26.1. The lowest BCUT2D eigenvalue weighted by Crippen LogP contribution is -2.51. The van der Waals surface area contributed by atoms with Gasteiger partial charge in [-0.15, -0.1) is 0 Å². The van der Waals surface area contributed by atoms with Crippen molar-refractivity contribution in [1.29, 1.82) is 0 Å². The molecule has 4 unspecified atom stereocenters. The molecular weight excluding hydrogens is 479 g/mol. The van der Waals surface area contributed by atoms with Gasteiger partial charge in [0.05, 0.1) is 18.3 Å². The van der Waals surface area contributed by atoms with E-state index >= 15 is 0 Å². The number of pyridine rings is 2. The molecule has 4 aromatic rings. The number of hydrogen-bond donors (Lipinski definition) is 1. The molecule has 7 heteroatoms. The van der Waals surface area contributed by atoms with Crippen molar-refractivity contribution in [2.75, 3.05) is 19.7 Å². The molecule has 2 fully saturated rings. The number of H-pyrrole nitrogens is 1. The first-order valence-electron chi connectivity index (χ1n) is 14.0. The van der Waals surface area contributed by atoms with Crippen LogP contribution in [0.1, 0.15) is 56.9 Å². The number of aromatic amines is 1. The summed E-state index contributed by atoms with van der Waals surface area (Å²) in [4.78, 5) is 28.0. The smallest absolute Gasteiger partial charge is 0.159 e. The van der Waals surface area contributed by atoms with Crippen LogP contribution in [-0.4, -0.2) is 51.4 Å². The van der Waals surface area contributed by atoms with E-state index in [9.17, 15) is 9.18 Å². The maximum absolute atomic E-state index is 13.3. The Kier molecular flexibility index (Phi) is 7.11. The van der Waals surface area contributed by atoms with Gasteiger partial charge in [-0.3, -0.25) is 9.69 Å². The summed E-state index contributed by atoms with van der Waals surface area (Å²) in [6.45, 7) is 4.55. The number of aromatic nitrogens is 3. The number of carbonyl (C=O) groups excluding carboxylic acids is 1. The maximum atomic E-state index is 13.3. The lowest BCUT2D eigenvalue weighted by molar-refractivity contribution is -0.126. The molecule has 6 nitrogen and oxygen atoms in total. The number of hydrogen-bond acceptors (Lipinski definition) is 5. The van der Waals surface area contributed by atoms with Gasteiger partial charge in [0.15, 0.2) is 5.65 Å². The molecular formula is C31H35FN4O2. The van der Waals surface area contributed by atoms with Crippen molar-refractivity contribution in [2.24, 2.45) is 11.8 Å². The Labute approximate surface area is 222 Å². The lowest BCUT2D eigenvalue weighted by atomic mass is 9.72. The Hall–Kier alpha value is -3.32. The first kappa shape index (κ1) is 25.0. The average Bonchev–Trinajstić information content (AvgIpc) is 3.45. The first-order chi connectivity index (χ1) is 18.6. The highest BCUT2D eigenvalue weighted by Crippen LogP contribution is 2.43. The number of piperidine rings is 1. The molecule has 1 N–H and O–H groups in total. The Balaban J connectivity index is 1.24. The molecule has 2 aliphatic rings. The number of likely N-dealkylation sites (tertiary alicyclic amines) is 1. The van der Waals surface area contributed by atoms with Gasteiger partial charge in [-0.2, -0.15) is 0 Å². The van der Waals surface area contributed by atoms with Gasteiger partial charge in [0, 0.05) is 54.0 Å². The normalized spacial score (nSPS) is 24.6. The van der Waals surface area contributed by atoms with Gasteiger partial charge in [-0.05, 0) is 86.5 Å². The molecule has 38 heavy (non-hydrogen) atoms. The standard InChI is InChI=1S/C31H35FN4O2/c1-2-29(37)25-10-5-21(24-11-13-33-27-17-35-31-26(30(24)27)12-14-34-31)16-28(25)36-15-3-4-20(18-36)19-38-23-8-6-22(32)7-9-23/h6-9,11-14,17,20-21,25,28,33H,2-5,10,15-16,18-19H2,1H3. The fourth-order valence-electron chi connectivity index (χ4n) is 6.77. The topological polar surface area (TPSA) is 71.1 Å². The number of Topliss-reactive ketones (excluding diaryl/α,β-unsaturated/α-hetero) is 1. The van der Waals surface area contributed by atoms with Crippen LogP contribution >= 0.6 is 0 Å². The fraction of sp³-hybridized carbons (Fsp3) is 0.452. The van der Waals surface area contributed by atoms with Crippen LogP contribution in [0.5, 0.6) is 5.75 Å². The molecule has 1 aromatic carbocycles.